The van der Waals surface area contributed by atoms with Gasteiger partial charge in [-0.3, -0.25) is 5.84 Å². The highest BCUT2D eigenvalue weighted by Gasteiger charge is 2.11. The smallest absolute Gasteiger partial charge is 0.0789 e. The molecular formula is C6H10N4S. The first-order valence-electron chi connectivity index (χ1n) is 3.14. The van der Waals surface area contributed by atoms with Crippen LogP contribution in [0.3, 0.4) is 0 Å². The number of nitrogens with two attached hydrogens (primary N) is 1. The Bertz CT molecular complexity index is 231. The van der Waals surface area contributed by atoms with Crippen molar-refractivity contribution in [1.82, 2.24) is 15.0 Å². The molecule has 1 heterocycles. The molecule has 0 aliphatic carbocycles. The monoisotopic (exact) mass is 170 g/mol. The summed E-state index contributed by atoms with van der Waals surface area (Å²) in [6, 6.07) is -0.0185. The van der Waals surface area contributed by atoms with Crippen LogP contribution in [0.5, 0.6) is 0 Å². The van der Waals surface area contributed by atoms with Gasteiger partial charge in [0.1, 0.15) is 0 Å². The van der Waals surface area contributed by atoms with Crippen LogP contribution in [0.15, 0.2) is 18.3 Å². The van der Waals surface area contributed by atoms with Crippen LogP contribution in [0.4, 0.5) is 0 Å². The Hall–Kier alpha value is -0.780. The van der Waals surface area contributed by atoms with E-state index in [1.807, 2.05) is 6.92 Å². The van der Waals surface area contributed by atoms with Gasteiger partial charge in [-0.1, -0.05) is 16.6 Å². The summed E-state index contributed by atoms with van der Waals surface area (Å²) in [4.78, 5) is 0.986. The van der Waals surface area contributed by atoms with E-state index in [1.54, 1.807) is 6.20 Å². The Labute approximate surface area is 69.3 Å². The van der Waals surface area contributed by atoms with Crippen molar-refractivity contribution in [2.75, 3.05) is 0 Å². The normalized spacial score (nSPS) is 12.9. The fourth-order valence-corrected chi connectivity index (χ4v) is 1.43. The summed E-state index contributed by atoms with van der Waals surface area (Å²) in [5.41, 5.74) is 3.59. The molecule has 1 atom stereocenters. The van der Waals surface area contributed by atoms with Crippen molar-refractivity contribution in [3.8, 4) is 0 Å². The molecule has 1 aromatic rings. The first-order valence-corrected chi connectivity index (χ1v) is 3.92. The van der Waals surface area contributed by atoms with Gasteiger partial charge in [0.25, 0.3) is 0 Å². The minimum absolute atomic E-state index is 0.0185. The van der Waals surface area contributed by atoms with Crippen LogP contribution in [0.2, 0.25) is 0 Å². The Balaban J connectivity index is 2.79. The summed E-state index contributed by atoms with van der Waals surface area (Å²) < 4.78 is 3.73. The number of nitrogens with one attached hydrogen (secondary N) is 1. The zero-order valence-electron chi connectivity index (χ0n) is 6.24. The predicted octanol–water partition coefficient (Wildman–Crippen LogP) is 0.619. The molecule has 0 saturated heterocycles. The highest BCUT2D eigenvalue weighted by Crippen LogP contribution is 2.20. The molecule has 0 bridgehead atoms. The molecule has 4 nitrogen and oxygen atoms in total. The number of aromatic nitrogens is 2. The van der Waals surface area contributed by atoms with Crippen molar-refractivity contribution in [1.29, 1.82) is 0 Å². The van der Waals surface area contributed by atoms with Gasteiger partial charge in [-0.05, 0) is 18.5 Å². The third kappa shape index (κ3) is 1.83. The molecule has 5 heteroatoms. The van der Waals surface area contributed by atoms with Crippen molar-refractivity contribution < 1.29 is 0 Å². The highest BCUT2D eigenvalue weighted by atomic mass is 32.1. The molecule has 0 fully saturated rings. The molecule has 0 aliphatic heterocycles. The van der Waals surface area contributed by atoms with Crippen LogP contribution in [0.25, 0.3) is 0 Å². The Morgan fingerprint density at radius 3 is 3.00 bits per heavy atom. The van der Waals surface area contributed by atoms with Crippen LogP contribution >= 0.6 is 11.5 Å². The van der Waals surface area contributed by atoms with Gasteiger partial charge in [-0.15, -0.1) is 5.10 Å². The SMILES string of the molecule is C=C(C)C(NN)c1cnns1. The maximum atomic E-state index is 5.31. The van der Waals surface area contributed by atoms with Crippen molar-refractivity contribution in [3.63, 3.8) is 0 Å². The average Bonchev–Trinajstić information content (AvgIpc) is 2.40. The number of rotatable bonds is 3. The number of hydrogen-bond donors (Lipinski definition) is 2. The standard InChI is InChI=1S/C6H10N4S/c1-4(2)6(9-7)5-3-8-10-11-5/h3,6,9H,1,7H2,2H3. The van der Waals surface area contributed by atoms with E-state index in [0.29, 0.717) is 0 Å². The lowest BCUT2D eigenvalue weighted by Crippen LogP contribution is -2.27. The van der Waals surface area contributed by atoms with E-state index in [4.69, 9.17) is 5.84 Å². The molecule has 0 saturated carbocycles. The minimum atomic E-state index is -0.0185. The minimum Gasteiger partial charge on any atom is -0.271 e. The summed E-state index contributed by atoms with van der Waals surface area (Å²) in [7, 11) is 0. The molecule has 11 heavy (non-hydrogen) atoms. The van der Waals surface area contributed by atoms with E-state index in [9.17, 15) is 0 Å². The molecule has 1 aromatic heterocycles. The molecule has 0 radical (unpaired) electrons. The van der Waals surface area contributed by atoms with Crippen LogP contribution in [0.1, 0.15) is 17.8 Å². The van der Waals surface area contributed by atoms with Crippen molar-refractivity contribution in [2.45, 2.75) is 13.0 Å². The molecule has 0 aromatic carbocycles. The molecule has 0 aliphatic rings. The fraction of sp³-hybridized carbons (Fsp3) is 0.333. The quantitative estimate of drug-likeness (QED) is 0.396. The Morgan fingerprint density at radius 1 is 1.91 bits per heavy atom. The zero-order valence-corrected chi connectivity index (χ0v) is 7.06. The molecule has 1 unspecified atom stereocenters. The molecule has 0 amide bonds. The number of hydrazine groups is 1. The zero-order chi connectivity index (χ0) is 8.27. The fourth-order valence-electron chi connectivity index (χ4n) is 0.769. The second kappa shape index (κ2) is 3.56. The van der Waals surface area contributed by atoms with Gasteiger partial charge in [0, 0.05) is 0 Å². The van der Waals surface area contributed by atoms with Gasteiger partial charge in [0.15, 0.2) is 0 Å². The second-order valence-corrected chi connectivity index (χ2v) is 3.08. The van der Waals surface area contributed by atoms with Gasteiger partial charge >= 0.3 is 0 Å². The average molecular weight is 170 g/mol. The summed E-state index contributed by atoms with van der Waals surface area (Å²) in [6.45, 7) is 5.70. The van der Waals surface area contributed by atoms with Gasteiger partial charge < -0.3 is 0 Å². The van der Waals surface area contributed by atoms with Crippen molar-refractivity contribution in [3.05, 3.63) is 23.2 Å². The van der Waals surface area contributed by atoms with Crippen molar-refractivity contribution in [2.24, 2.45) is 5.84 Å². The van der Waals surface area contributed by atoms with E-state index >= 15 is 0 Å². The summed E-state index contributed by atoms with van der Waals surface area (Å²) in [6.07, 6.45) is 1.68. The maximum absolute atomic E-state index is 5.31. The van der Waals surface area contributed by atoms with Crippen molar-refractivity contribution >= 4 is 11.5 Å². The molecule has 0 spiro atoms. The van der Waals surface area contributed by atoms with E-state index in [1.165, 1.54) is 11.5 Å². The maximum Gasteiger partial charge on any atom is 0.0789 e. The van der Waals surface area contributed by atoms with Crippen LogP contribution in [-0.2, 0) is 0 Å². The summed E-state index contributed by atoms with van der Waals surface area (Å²) in [5, 5.41) is 3.71. The number of hydrogen-bond acceptors (Lipinski definition) is 5. The first-order chi connectivity index (χ1) is 5.25. The highest BCUT2D eigenvalue weighted by molar-refractivity contribution is 7.05. The van der Waals surface area contributed by atoms with Crippen LogP contribution < -0.4 is 11.3 Å². The van der Waals surface area contributed by atoms with Crippen LogP contribution in [0, 0.1) is 0 Å². The third-order valence-electron chi connectivity index (χ3n) is 1.32. The molecule has 1 rings (SSSR count). The van der Waals surface area contributed by atoms with Gasteiger partial charge in [0.2, 0.25) is 0 Å². The van der Waals surface area contributed by atoms with Crippen LogP contribution in [-0.4, -0.2) is 9.59 Å². The van der Waals surface area contributed by atoms with E-state index in [-0.39, 0.29) is 6.04 Å². The molecular weight excluding hydrogens is 160 g/mol. The van der Waals surface area contributed by atoms with E-state index in [0.717, 1.165) is 10.5 Å². The number of nitrogens with zero attached hydrogens (tertiary/aromatic N) is 2. The largest absolute Gasteiger partial charge is 0.271 e. The Morgan fingerprint density at radius 2 is 2.64 bits per heavy atom. The lowest BCUT2D eigenvalue weighted by molar-refractivity contribution is 0.635. The lowest BCUT2D eigenvalue weighted by atomic mass is 10.1. The van der Waals surface area contributed by atoms with Gasteiger partial charge in [0.05, 0.1) is 17.1 Å². The van der Waals surface area contributed by atoms with E-state index < -0.39 is 0 Å². The molecule has 60 valence electrons. The Kier molecular flexibility index (Phi) is 2.70. The van der Waals surface area contributed by atoms with E-state index in [2.05, 4.69) is 21.6 Å². The van der Waals surface area contributed by atoms with Gasteiger partial charge in [-0.2, -0.15) is 0 Å². The lowest BCUT2D eigenvalue weighted by Gasteiger charge is -2.11. The third-order valence-corrected chi connectivity index (χ3v) is 2.05. The molecule has 3 N–H and O–H groups in total. The summed E-state index contributed by atoms with van der Waals surface area (Å²) in [5.74, 6) is 5.31. The predicted molar refractivity (Wildman–Crippen MR) is 44.8 cm³/mol. The van der Waals surface area contributed by atoms with Gasteiger partial charge in [-0.25, -0.2) is 5.43 Å². The first kappa shape index (κ1) is 8.32. The summed E-state index contributed by atoms with van der Waals surface area (Å²) >= 11 is 1.32. The topological polar surface area (TPSA) is 63.8 Å². The second-order valence-electron chi connectivity index (χ2n) is 2.27.